The Morgan fingerprint density at radius 2 is 1.52 bits per heavy atom. The maximum Gasteiger partial charge on any atom is 0.410 e. The van der Waals surface area contributed by atoms with Crippen LogP contribution in [0.5, 0.6) is 5.75 Å². The molecule has 1 aliphatic heterocycles. The molecule has 0 aliphatic carbocycles. The van der Waals surface area contributed by atoms with Crippen LogP contribution in [0.25, 0.3) is 0 Å². The molecule has 0 radical (unpaired) electrons. The molecule has 1 aliphatic rings. The molecule has 1 aromatic carbocycles. The number of carbonyl (C=O) groups is 2. The zero-order valence-electron chi connectivity index (χ0n) is 17.0. The van der Waals surface area contributed by atoms with Crippen molar-refractivity contribution in [3.63, 3.8) is 0 Å². The average Bonchev–Trinajstić information content (AvgIpc) is 2.63. The van der Waals surface area contributed by atoms with Crippen LogP contribution in [-0.4, -0.2) is 60.2 Å². The number of piperazine rings is 1. The van der Waals surface area contributed by atoms with E-state index in [1.54, 1.807) is 34.1 Å². The lowest BCUT2D eigenvalue weighted by Crippen LogP contribution is -2.51. The lowest BCUT2D eigenvalue weighted by Gasteiger charge is -2.35. The lowest BCUT2D eigenvalue weighted by atomic mass is 10.2. The minimum Gasteiger partial charge on any atom is -0.493 e. The number of rotatable bonds is 4. The van der Waals surface area contributed by atoms with Gasteiger partial charge in [-0.2, -0.15) is 0 Å². The van der Waals surface area contributed by atoms with E-state index < -0.39 is 5.60 Å². The highest BCUT2D eigenvalue weighted by Crippen LogP contribution is 2.16. The van der Waals surface area contributed by atoms with Crippen molar-refractivity contribution in [2.75, 3.05) is 32.8 Å². The van der Waals surface area contributed by atoms with Crippen LogP contribution in [0.1, 0.15) is 41.0 Å². The Balaban J connectivity index is 0.00000176. The highest BCUT2D eigenvalue weighted by atomic mass is 35.5. The van der Waals surface area contributed by atoms with Crippen LogP contribution in [0, 0.1) is 0 Å². The van der Waals surface area contributed by atoms with Crippen molar-refractivity contribution in [3.05, 3.63) is 29.3 Å². The van der Waals surface area contributed by atoms with Crippen molar-refractivity contribution >= 4 is 23.6 Å². The maximum absolute atomic E-state index is 12.2. The molecule has 0 bridgehead atoms. The molecule has 0 aromatic heterocycles. The molecule has 0 unspecified atom stereocenters. The molecule has 2 amide bonds. The third-order valence-corrected chi connectivity index (χ3v) is 3.93. The van der Waals surface area contributed by atoms with E-state index >= 15 is 0 Å². The predicted molar refractivity (Wildman–Crippen MR) is 107 cm³/mol. The van der Waals surface area contributed by atoms with Gasteiger partial charge in [-0.1, -0.05) is 25.4 Å². The van der Waals surface area contributed by atoms with Gasteiger partial charge in [-0.3, -0.25) is 4.79 Å². The van der Waals surface area contributed by atoms with Crippen LogP contribution < -0.4 is 4.74 Å². The van der Waals surface area contributed by atoms with E-state index in [4.69, 9.17) is 21.1 Å². The second kappa shape index (κ2) is 11.0. The van der Waals surface area contributed by atoms with Gasteiger partial charge in [0.25, 0.3) is 0 Å². The van der Waals surface area contributed by atoms with Gasteiger partial charge in [0, 0.05) is 31.2 Å². The van der Waals surface area contributed by atoms with E-state index in [2.05, 4.69) is 0 Å². The molecule has 1 fully saturated rings. The summed E-state index contributed by atoms with van der Waals surface area (Å²) >= 11 is 5.81. The Kier molecular flexibility index (Phi) is 9.43. The molecule has 0 saturated carbocycles. The van der Waals surface area contributed by atoms with Gasteiger partial charge in [0.2, 0.25) is 5.91 Å². The van der Waals surface area contributed by atoms with Crippen LogP contribution >= 0.6 is 11.6 Å². The number of benzene rings is 1. The van der Waals surface area contributed by atoms with Gasteiger partial charge in [-0.15, -0.1) is 0 Å². The molecular formula is C20H31ClN2O4. The molecular weight excluding hydrogens is 368 g/mol. The SMILES string of the molecule is CC.CC(C)(C)OC(=O)N1CCN(C(=O)CCOc2ccc(Cl)cc2)CC1. The van der Waals surface area contributed by atoms with Gasteiger partial charge >= 0.3 is 6.09 Å². The smallest absolute Gasteiger partial charge is 0.410 e. The summed E-state index contributed by atoms with van der Waals surface area (Å²) < 4.78 is 10.9. The Hall–Kier alpha value is -1.95. The summed E-state index contributed by atoms with van der Waals surface area (Å²) in [6, 6.07) is 7.03. The second-order valence-electron chi connectivity index (χ2n) is 6.90. The van der Waals surface area contributed by atoms with E-state index in [1.165, 1.54) is 0 Å². The van der Waals surface area contributed by atoms with E-state index in [-0.39, 0.29) is 12.0 Å². The summed E-state index contributed by atoms with van der Waals surface area (Å²) in [5.74, 6) is 0.713. The predicted octanol–water partition coefficient (Wildman–Crippen LogP) is 4.21. The summed E-state index contributed by atoms with van der Waals surface area (Å²) in [6.07, 6.45) is -0.0274. The molecule has 1 saturated heterocycles. The molecule has 0 N–H and O–H groups in total. The fourth-order valence-corrected chi connectivity index (χ4v) is 2.54. The van der Waals surface area contributed by atoms with Crippen LogP contribution in [0.3, 0.4) is 0 Å². The van der Waals surface area contributed by atoms with E-state index in [0.29, 0.717) is 50.0 Å². The third kappa shape index (κ3) is 8.52. The fraction of sp³-hybridized carbons (Fsp3) is 0.600. The maximum atomic E-state index is 12.2. The summed E-state index contributed by atoms with van der Waals surface area (Å²) in [4.78, 5) is 27.6. The first kappa shape index (κ1) is 23.1. The number of hydrogen-bond donors (Lipinski definition) is 0. The van der Waals surface area contributed by atoms with E-state index in [9.17, 15) is 9.59 Å². The number of amides is 2. The number of carbonyl (C=O) groups excluding carboxylic acids is 2. The molecule has 2 rings (SSSR count). The Bertz CT molecular complexity index is 591. The zero-order chi connectivity index (χ0) is 20.4. The molecule has 6 nitrogen and oxygen atoms in total. The van der Waals surface area contributed by atoms with Crippen molar-refractivity contribution in [3.8, 4) is 5.75 Å². The van der Waals surface area contributed by atoms with Gasteiger partial charge in [-0.05, 0) is 45.0 Å². The first-order chi connectivity index (χ1) is 12.7. The van der Waals surface area contributed by atoms with Gasteiger partial charge in [0.1, 0.15) is 11.4 Å². The standard InChI is InChI=1S/C18H25ClN2O4.C2H6/c1-18(2,3)25-17(23)21-11-9-20(10-12-21)16(22)8-13-24-15-6-4-14(19)5-7-15;1-2/h4-7H,8-13H2,1-3H3;1-2H3. The van der Waals surface area contributed by atoms with Gasteiger partial charge in [0.15, 0.2) is 0 Å². The molecule has 0 spiro atoms. The normalized spacial score (nSPS) is 14.1. The van der Waals surface area contributed by atoms with Crippen molar-refractivity contribution in [2.45, 2.75) is 46.6 Å². The van der Waals surface area contributed by atoms with Gasteiger partial charge in [0.05, 0.1) is 13.0 Å². The van der Waals surface area contributed by atoms with Crippen molar-refractivity contribution < 1.29 is 19.1 Å². The van der Waals surface area contributed by atoms with Crippen molar-refractivity contribution in [1.82, 2.24) is 9.80 Å². The number of ether oxygens (including phenoxy) is 2. The van der Waals surface area contributed by atoms with Crippen LogP contribution in [-0.2, 0) is 9.53 Å². The summed E-state index contributed by atoms with van der Waals surface area (Å²) in [7, 11) is 0. The van der Waals surface area contributed by atoms with Gasteiger partial charge < -0.3 is 19.3 Å². The number of hydrogen-bond acceptors (Lipinski definition) is 4. The first-order valence-electron chi connectivity index (χ1n) is 9.39. The summed E-state index contributed by atoms with van der Waals surface area (Å²) in [5.41, 5.74) is -0.511. The van der Waals surface area contributed by atoms with Crippen LogP contribution in [0.2, 0.25) is 5.02 Å². The highest BCUT2D eigenvalue weighted by Gasteiger charge is 2.27. The Labute approximate surface area is 167 Å². The molecule has 1 heterocycles. The molecule has 1 aromatic rings. The Morgan fingerprint density at radius 3 is 2.04 bits per heavy atom. The summed E-state index contributed by atoms with van der Waals surface area (Å²) in [5, 5.41) is 0.645. The lowest BCUT2D eigenvalue weighted by molar-refractivity contribution is -0.133. The second-order valence-corrected chi connectivity index (χ2v) is 7.34. The minimum atomic E-state index is -0.511. The van der Waals surface area contributed by atoms with Crippen molar-refractivity contribution in [2.24, 2.45) is 0 Å². The third-order valence-electron chi connectivity index (χ3n) is 3.68. The average molecular weight is 399 g/mol. The largest absolute Gasteiger partial charge is 0.493 e. The zero-order valence-corrected chi connectivity index (χ0v) is 17.7. The van der Waals surface area contributed by atoms with Gasteiger partial charge in [-0.25, -0.2) is 4.79 Å². The van der Waals surface area contributed by atoms with Crippen LogP contribution in [0.4, 0.5) is 4.79 Å². The van der Waals surface area contributed by atoms with Crippen LogP contribution in [0.15, 0.2) is 24.3 Å². The number of halogens is 1. The molecule has 152 valence electrons. The summed E-state index contributed by atoms with van der Waals surface area (Å²) in [6.45, 7) is 11.8. The van der Waals surface area contributed by atoms with E-state index in [1.807, 2.05) is 34.6 Å². The van der Waals surface area contributed by atoms with E-state index in [0.717, 1.165) is 0 Å². The fourth-order valence-electron chi connectivity index (χ4n) is 2.41. The topological polar surface area (TPSA) is 59.1 Å². The monoisotopic (exact) mass is 398 g/mol. The quantitative estimate of drug-likeness (QED) is 0.762. The minimum absolute atomic E-state index is 0.0257. The highest BCUT2D eigenvalue weighted by molar-refractivity contribution is 6.30. The molecule has 0 atom stereocenters. The molecule has 7 heteroatoms. The number of nitrogens with zero attached hydrogens (tertiary/aromatic N) is 2. The first-order valence-corrected chi connectivity index (χ1v) is 9.76. The van der Waals surface area contributed by atoms with Crippen molar-refractivity contribution in [1.29, 1.82) is 0 Å². The Morgan fingerprint density at radius 1 is 1.00 bits per heavy atom. The molecule has 27 heavy (non-hydrogen) atoms.